The predicted molar refractivity (Wildman–Crippen MR) is 116 cm³/mol. The van der Waals surface area contributed by atoms with Gasteiger partial charge in [0.15, 0.2) is 0 Å². The van der Waals surface area contributed by atoms with E-state index < -0.39 is 0 Å². The van der Waals surface area contributed by atoms with Crippen molar-refractivity contribution >= 4 is 28.7 Å². The molecule has 7 heteroatoms. The Labute approximate surface area is 174 Å². The molecule has 0 amide bonds. The molecule has 1 N–H and O–H groups in total. The van der Waals surface area contributed by atoms with Crippen molar-refractivity contribution in [2.24, 2.45) is 5.10 Å². The van der Waals surface area contributed by atoms with Crippen molar-refractivity contribution < 1.29 is 14.3 Å². The van der Waals surface area contributed by atoms with Gasteiger partial charge in [-0.05, 0) is 61.7 Å². The molecule has 0 aliphatic rings. The lowest BCUT2D eigenvalue weighted by Gasteiger charge is -2.08. The molecule has 0 aliphatic carbocycles. The minimum absolute atomic E-state index is 0.335. The minimum Gasteiger partial charge on any atom is -0.489 e. The summed E-state index contributed by atoms with van der Waals surface area (Å²) >= 11 is 1.22. The molecule has 1 aromatic heterocycles. The number of ether oxygens (including phenoxy) is 2. The summed E-state index contributed by atoms with van der Waals surface area (Å²) in [6, 6.07) is 15.8. The third-order valence-electron chi connectivity index (χ3n) is 4.17. The highest BCUT2D eigenvalue weighted by atomic mass is 32.1. The Morgan fingerprint density at radius 2 is 1.93 bits per heavy atom. The Kier molecular flexibility index (Phi) is 6.97. The van der Waals surface area contributed by atoms with Crippen molar-refractivity contribution in [1.29, 1.82) is 0 Å². The molecule has 0 fully saturated rings. The minimum atomic E-state index is -0.360. The molecule has 0 spiro atoms. The van der Waals surface area contributed by atoms with Crippen molar-refractivity contribution in [3.8, 4) is 5.75 Å². The molecular weight excluding hydrogens is 386 g/mol. The molecule has 0 atom stereocenters. The van der Waals surface area contributed by atoms with Crippen LogP contribution in [0.2, 0.25) is 0 Å². The van der Waals surface area contributed by atoms with Gasteiger partial charge < -0.3 is 9.47 Å². The van der Waals surface area contributed by atoms with E-state index in [-0.39, 0.29) is 5.97 Å². The standard InChI is InChI=1S/C22H23N3O3S/c1-4-27-21(26)20-16(3)24-22(29-20)25-23-13-17-9-11-19(12-10-17)28-14-18-8-6-5-7-15(18)2/h5-13H,4,14H2,1-3H3,(H,24,25)/b23-13+. The van der Waals surface area contributed by atoms with Gasteiger partial charge in [0.2, 0.25) is 5.13 Å². The van der Waals surface area contributed by atoms with Gasteiger partial charge in [-0.3, -0.25) is 5.43 Å². The first-order valence-electron chi connectivity index (χ1n) is 9.28. The number of hydrogen-bond acceptors (Lipinski definition) is 7. The number of hydrazone groups is 1. The van der Waals surface area contributed by atoms with Gasteiger partial charge >= 0.3 is 5.97 Å². The van der Waals surface area contributed by atoms with Crippen LogP contribution in [0.25, 0.3) is 0 Å². The van der Waals surface area contributed by atoms with Crippen molar-refractivity contribution in [1.82, 2.24) is 4.98 Å². The second kappa shape index (κ2) is 9.84. The number of aryl methyl sites for hydroxylation is 2. The first kappa shape index (κ1) is 20.5. The maximum absolute atomic E-state index is 11.8. The lowest BCUT2D eigenvalue weighted by molar-refractivity contribution is 0.0531. The molecule has 3 rings (SSSR count). The van der Waals surface area contributed by atoms with Gasteiger partial charge in [-0.1, -0.05) is 35.6 Å². The topological polar surface area (TPSA) is 72.8 Å². The fourth-order valence-electron chi connectivity index (χ4n) is 2.58. The first-order valence-corrected chi connectivity index (χ1v) is 10.1. The van der Waals surface area contributed by atoms with Crippen LogP contribution < -0.4 is 10.2 Å². The quantitative estimate of drug-likeness (QED) is 0.323. The van der Waals surface area contributed by atoms with Gasteiger partial charge in [-0.15, -0.1) is 0 Å². The summed E-state index contributed by atoms with van der Waals surface area (Å²) in [4.78, 5) is 16.6. The van der Waals surface area contributed by atoms with Crippen LogP contribution in [0, 0.1) is 13.8 Å². The number of aromatic nitrogens is 1. The van der Waals surface area contributed by atoms with E-state index in [0.717, 1.165) is 11.3 Å². The van der Waals surface area contributed by atoms with Crippen molar-refractivity contribution in [2.75, 3.05) is 12.0 Å². The molecule has 2 aromatic carbocycles. The predicted octanol–water partition coefficient (Wildman–Crippen LogP) is 4.96. The highest BCUT2D eigenvalue weighted by Crippen LogP contribution is 2.23. The van der Waals surface area contributed by atoms with Crippen LogP contribution in [0.15, 0.2) is 53.6 Å². The normalized spacial score (nSPS) is 10.9. The number of benzene rings is 2. The molecule has 0 aliphatic heterocycles. The first-order chi connectivity index (χ1) is 14.1. The zero-order valence-corrected chi connectivity index (χ0v) is 17.5. The van der Waals surface area contributed by atoms with Crippen molar-refractivity contribution in [3.63, 3.8) is 0 Å². The number of esters is 1. The van der Waals surface area contributed by atoms with E-state index in [1.54, 1.807) is 20.1 Å². The number of nitrogens with one attached hydrogen (secondary N) is 1. The van der Waals surface area contributed by atoms with E-state index in [0.29, 0.717) is 28.9 Å². The Balaban J connectivity index is 1.54. The molecule has 0 bridgehead atoms. The summed E-state index contributed by atoms with van der Waals surface area (Å²) < 4.78 is 10.9. The molecule has 0 unspecified atom stereocenters. The summed E-state index contributed by atoms with van der Waals surface area (Å²) in [5.41, 5.74) is 6.78. The van der Waals surface area contributed by atoms with Crippen LogP contribution >= 0.6 is 11.3 Å². The smallest absolute Gasteiger partial charge is 0.350 e. The molecule has 0 radical (unpaired) electrons. The number of thiazole rings is 1. The van der Waals surface area contributed by atoms with Gasteiger partial charge in [0, 0.05) is 0 Å². The largest absolute Gasteiger partial charge is 0.489 e. The Hall–Kier alpha value is -3.19. The molecule has 3 aromatic rings. The number of carbonyl (C=O) groups excluding carboxylic acids is 1. The third kappa shape index (κ3) is 5.65. The number of anilines is 1. The van der Waals surface area contributed by atoms with Gasteiger partial charge in [0.05, 0.1) is 18.5 Å². The SMILES string of the molecule is CCOC(=O)c1sc(N/N=C/c2ccc(OCc3ccccc3C)cc2)nc1C. The van der Waals surface area contributed by atoms with Gasteiger partial charge in [0.25, 0.3) is 0 Å². The van der Waals surface area contributed by atoms with Crippen LogP contribution in [0.5, 0.6) is 5.75 Å². The number of hydrogen-bond donors (Lipinski definition) is 1. The van der Waals surface area contributed by atoms with Crippen molar-refractivity contribution in [3.05, 3.63) is 75.8 Å². The lowest BCUT2D eigenvalue weighted by atomic mass is 10.1. The van der Waals surface area contributed by atoms with E-state index >= 15 is 0 Å². The molecule has 150 valence electrons. The molecule has 29 heavy (non-hydrogen) atoms. The molecule has 0 saturated carbocycles. The summed E-state index contributed by atoms with van der Waals surface area (Å²) in [7, 11) is 0. The molecular formula is C22H23N3O3S. The van der Waals surface area contributed by atoms with E-state index in [1.807, 2.05) is 36.4 Å². The Bertz CT molecular complexity index is 997. The van der Waals surface area contributed by atoms with Crippen LogP contribution in [-0.4, -0.2) is 23.8 Å². The summed E-state index contributed by atoms with van der Waals surface area (Å²) in [5, 5.41) is 4.73. The Morgan fingerprint density at radius 3 is 2.66 bits per heavy atom. The zero-order valence-electron chi connectivity index (χ0n) is 16.6. The van der Waals surface area contributed by atoms with E-state index in [4.69, 9.17) is 9.47 Å². The maximum Gasteiger partial charge on any atom is 0.350 e. The highest BCUT2D eigenvalue weighted by Gasteiger charge is 2.15. The number of rotatable bonds is 8. The lowest BCUT2D eigenvalue weighted by Crippen LogP contribution is -2.03. The Morgan fingerprint density at radius 1 is 1.17 bits per heavy atom. The van der Waals surface area contributed by atoms with Crippen LogP contribution in [-0.2, 0) is 11.3 Å². The maximum atomic E-state index is 11.8. The van der Waals surface area contributed by atoms with Crippen LogP contribution in [0.4, 0.5) is 5.13 Å². The fourth-order valence-corrected chi connectivity index (χ4v) is 3.39. The molecule has 1 heterocycles. The highest BCUT2D eigenvalue weighted by molar-refractivity contribution is 7.17. The molecule has 6 nitrogen and oxygen atoms in total. The average molecular weight is 410 g/mol. The van der Waals surface area contributed by atoms with E-state index in [9.17, 15) is 4.79 Å². The second-order valence-corrected chi connectivity index (χ2v) is 7.31. The monoisotopic (exact) mass is 409 g/mol. The van der Waals surface area contributed by atoms with E-state index in [2.05, 4.69) is 34.6 Å². The third-order valence-corrected chi connectivity index (χ3v) is 5.21. The molecule has 0 saturated heterocycles. The van der Waals surface area contributed by atoms with Gasteiger partial charge in [0.1, 0.15) is 17.2 Å². The van der Waals surface area contributed by atoms with Gasteiger partial charge in [-0.25, -0.2) is 9.78 Å². The van der Waals surface area contributed by atoms with Gasteiger partial charge in [-0.2, -0.15) is 5.10 Å². The van der Waals surface area contributed by atoms with Crippen molar-refractivity contribution in [2.45, 2.75) is 27.4 Å². The summed E-state index contributed by atoms with van der Waals surface area (Å²) in [6.45, 7) is 6.49. The average Bonchev–Trinajstić information content (AvgIpc) is 3.09. The zero-order chi connectivity index (χ0) is 20.6. The number of carbonyl (C=O) groups is 1. The van der Waals surface area contributed by atoms with Crippen LogP contribution in [0.1, 0.15) is 39.0 Å². The van der Waals surface area contributed by atoms with Crippen LogP contribution in [0.3, 0.4) is 0 Å². The summed E-state index contributed by atoms with van der Waals surface area (Å²) in [5.74, 6) is 0.439. The second-order valence-electron chi connectivity index (χ2n) is 6.31. The fraction of sp³-hybridized carbons (Fsp3) is 0.227. The van der Waals surface area contributed by atoms with E-state index in [1.165, 1.54) is 22.5 Å². The number of nitrogens with zero attached hydrogens (tertiary/aromatic N) is 2. The summed E-state index contributed by atoms with van der Waals surface area (Å²) in [6.07, 6.45) is 1.69.